The van der Waals surface area contributed by atoms with Gasteiger partial charge in [-0.05, 0) is 73.8 Å². The van der Waals surface area contributed by atoms with Crippen LogP contribution in [0.25, 0.3) is 11.4 Å². The van der Waals surface area contributed by atoms with Crippen LogP contribution in [0.5, 0.6) is 0 Å². The minimum Gasteiger partial charge on any atom is -0.391 e. The first kappa shape index (κ1) is 32.2. The molecular formula is C32H48N8S. The molecule has 41 heavy (non-hydrogen) atoms. The Balaban J connectivity index is 0.00000147. The molecule has 1 saturated heterocycles. The summed E-state index contributed by atoms with van der Waals surface area (Å²) in [6, 6.07) is 11.5. The zero-order chi connectivity index (χ0) is 29.3. The van der Waals surface area contributed by atoms with Gasteiger partial charge in [0.05, 0.1) is 6.34 Å². The lowest BCUT2D eigenvalue weighted by molar-refractivity contribution is 0.196. The summed E-state index contributed by atoms with van der Waals surface area (Å²) >= 11 is 4.26. The van der Waals surface area contributed by atoms with E-state index in [0.29, 0.717) is 12.1 Å². The number of piperidine rings is 1. The van der Waals surface area contributed by atoms with Crippen LogP contribution in [-0.4, -0.2) is 47.9 Å². The number of hydrogen-bond donors (Lipinski definition) is 7. The van der Waals surface area contributed by atoms with Crippen molar-refractivity contribution in [3.63, 3.8) is 0 Å². The molecule has 3 heterocycles. The van der Waals surface area contributed by atoms with Crippen LogP contribution in [0.4, 0.5) is 5.69 Å². The maximum Gasteiger partial charge on any atom is 0.0765 e. The number of hydrogen-bond acceptors (Lipinski definition) is 8. The quantitative estimate of drug-likeness (QED) is 0.0688. The van der Waals surface area contributed by atoms with Crippen LogP contribution in [0, 0.1) is 5.41 Å². The van der Waals surface area contributed by atoms with Crippen molar-refractivity contribution < 1.29 is 0 Å². The number of benzene rings is 1. The Morgan fingerprint density at radius 2 is 2.05 bits per heavy atom. The Hall–Kier alpha value is -3.27. The summed E-state index contributed by atoms with van der Waals surface area (Å²) in [6.07, 6.45) is 19.7. The summed E-state index contributed by atoms with van der Waals surface area (Å²) in [5.41, 5.74) is 10.9. The first-order chi connectivity index (χ1) is 20.1. The number of likely N-dealkylation sites (tertiary alicyclic amines) is 1. The van der Waals surface area contributed by atoms with Gasteiger partial charge in [-0.25, -0.2) is 0 Å². The number of pyridine rings is 1. The molecule has 0 saturated carbocycles. The Labute approximate surface area is 252 Å². The number of nitrogens with zero attached hydrogens (tertiary/aromatic N) is 2. The van der Waals surface area contributed by atoms with E-state index >= 15 is 0 Å². The third-order valence-corrected chi connectivity index (χ3v) is 7.63. The number of aromatic nitrogens is 1. The van der Waals surface area contributed by atoms with Gasteiger partial charge in [0.1, 0.15) is 0 Å². The van der Waals surface area contributed by atoms with E-state index in [1.807, 2.05) is 12.4 Å². The molecule has 8 nitrogen and oxygen atoms in total. The molecule has 9 heteroatoms. The smallest absolute Gasteiger partial charge is 0.0765 e. The maximum atomic E-state index is 5.86. The minimum atomic E-state index is 0.343. The van der Waals surface area contributed by atoms with E-state index in [9.17, 15) is 0 Å². The molecule has 2 aliphatic rings. The molecular weight excluding hydrogens is 528 g/mol. The van der Waals surface area contributed by atoms with E-state index in [-0.39, 0.29) is 0 Å². The van der Waals surface area contributed by atoms with Gasteiger partial charge >= 0.3 is 0 Å². The zero-order valence-electron chi connectivity index (χ0n) is 24.4. The minimum absolute atomic E-state index is 0.343. The molecule has 2 atom stereocenters. The summed E-state index contributed by atoms with van der Waals surface area (Å²) in [6.45, 7) is 10.6. The van der Waals surface area contributed by atoms with Crippen molar-refractivity contribution in [2.75, 3.05) is 25.0 Å². The Morgan fingerprint density at radius 3 is 2.80 bits per heavy atom. The highest BCUT2D eigenvalue weighted by Gasteiger charge is 2.19. The second kappa shape index (κ2) is 18.2. The van der Waals surface area contributed by atoms with Gasteiger partial charge in [-0.1, -0.05) is 63.8 Å². The predicted molar refractivity (Wildman–Crippen MR) is 178 cm³/mol. The fourth-order valence-electron chi connectivity index (χ4n) is 5.09. The van der Waals surface area contributed by atoms with Gasteiger partial charge in [0.25, 0.3) is 0 Å². The van der Waals surface area contributed by atoms with E-state index in [0.717, 1.165) is 55.9 Å². The second-order valence-corrected chi connectivity index (χ2v) is 10.9. The normalized spacial score (nSPS) is 18.6. The summed E-state index contributed by atoms with van der Waals surface area (Å²) < 4.78 is 3.12. The highest BCUT2D eigenvalue weighted by atomic mass is 32.1. The zero-order valence-corrected chi connectivity index (χ0v) is 25.3. The third kappa shape index (κ3) is 11.3. The standard InChI is InChI=1S/C31H44N6S.CH4N2/c1-3-4-5-6-16-32-17-15-29-13-14-31(35-29)26-9-11-28(12-10-26)34-24(2)27-19-25(20-33-21-27)22-37-18-7-8-30(23-37)36-38;2-1-3/h9-12,14-15,17,19-21,29-30,32,34-36,38H,2-8,13,16,18,22-23H2,1H3;1H,(H3,2,3)/b17-15+;. The number of anilines is 1. The molecule has 4 rings (SSSR count). The van der Waals surface area contributed by atoms with Crippen molar-refractivity contribution in [3.05, 3.63) is 84.3 Å². The average molecular weight is 577 g/mol. The highest BCUT2D eigenvalue weighted by molar-refractivity contribution is 7.78. The molecule has 7 N–H and O–H groups in total. The van der Waals surface area contributed by atoms with E-state index < -0.39 is 0 Å². The molecule has 1 fully saturated rings. The van der Waals surface area contributed by atoms with E-state index in [1.165, 1.54) is 55.3 Å². The molecule has 222 valence electrons. The first-order valence-corrected chi connectivity index (χ1v) is 15.2. The number of rotatable bonds is 14. The van der Waals surface area contributed by atoms with Gasteiger partial charge in [-0.15, -0.1) is 0 Å². The van der Waals surface area contributed by atoms with E-state index in [1.54, 1.807) is 0 Å². The van der Waals surface area contributed by atoms with Crippen molar-refractivity contribution in [3.8, 4) is 0 Å². The molecule has 0 radical (unpaired) electrons. The Kier molecular flexibility index (Phi) is 14.3. The second-order valence-electron chi connectivity index (χ2n) is 10.6. The maximum absolute atomic E-state index is 5.86. The van der Waals surface area contributed by atoms with Crippen LogP contribution >= 0.6 is 12.8 Å². The SMILES string of the molecule is C=C(Nc1ccc(C2=CCC(/C=C/NCCCCCC)N2)cc1)c1cncc(CN2CCCC(NS)C2)c1.N=CN. The van der Waals surface area contributed by atoms with Gasteiger partial charge in [0.15, 0.2) is 0 Å². The predicted octanol–water partition coefficient (Wildman–Crippen LogP) is 5.50. The summed E-state index contributed by atoms with van der Waals surface area (Å²) in [7, 11) is 0. The molecule has 0 amide bonds. The monoisotopic (exact) mass is 576 g/mol. The van der Waals surface area contributed by atoms with Crippen LogP contribution in [0.2, 0.25) is 0 Å². The Morgan fingerprint density at radius 1 is 1.24 bits per heavy atom. The lowest BCUT2D eigenvalue weighted by atomic mass is 10.1. The van der Waals surface area contributed by atoms with Crippen LogP contribution in [0.3, 0.4) is 0 Å². The summed E-state index contributed by atoms with van der Waals surface area (Å²) in [5, 5.41) is 16.4. The number of nitrogens with two attached hydrogens (primary N) is 1. The molecule has 2 unspecified atom stereocenters. The third-order valence-electron chi connectivity index (χ3n) is 7.27. The lowest BCUT2D eigenvalue weighted by Gasteiger charge is -2.32. The van der Waals surface area contributed by atoms with Gasteiger partial charge in [-0.3, -0.25) is 20.0 Å². The molecule has 0 aliphatic carbocycles. The van der Waals surface area contributed by atoms with Crippen LogP contribution < -0.4 is 26.4 Å². The average Bonchev–Trinajstić information content (AvgIpc) is 3.47. The fraction of sp³-hybridized carbons (Fsp3) is 0.438. The Bertz CT molecular complexity index is 1130. The van der Waals surface area contributed by atoms with Gasteiger partial charge in [0, 0.05) is 66.8 Å². The molecule has 2 aromatic rings. The highest BCUT2D eigenvalue weighted by Crippen LogP contribution is 2.24. The number of unbranched alkanes of at least 4 members (excludes halogenated alkanes) is 3. The van der Waals surface area contributed by atoms with E-state index in [4.69, 9.17) is 5.41 Å². The van der Waals surface area contributed by atoms with Crippen molar-refractivity contribution in [1.82, 2.24) is 25.2 Å². The first-order valence-electron chi connectivity index (χ1n) is 14.8. The van der Waals surface area contributed by atoms with Crippen molar-refractivity contribution in [2.45, 2.75) is 70.5 Å². The van der Waals surface area contributed by atoms with Crippen LogP contribution in [-0.2, 0) is 6.54 Å². The number of thiol groups is 1. The molecule has 1 aromatic heterocycles. The molecule has 0 spiro atoms. The summed E-state index contributed by atoms with van der Waals surface area (Å²) in [4.78, 5) is 6.95. The van der Waals surface area contributed by atoms with Crippen molar-refractivity contribution in [1.29, 1.82) is 5.41 Å². The van der Waals surface area contributed by atoms with Gasteiger partial charge < -0.3 is 21.7 Å². The topological polar surface area (TPSA) is 114 Å². The van der Waals surface area contributed by atoms with Crippen molar-refractivity contribution >= 4 is 36.2 Å². The van der Waals surface area contributed by atoms with Crippen LogP contribution in [0.1, 0.15) is 68.6 Å². The summed E-state index contributed by atoms with van der Waals surface area (Å²) in [5.74, 6) is 0. The van der Waals surface area contributed by atoms with Crippen LogP contribution in [0.15, 0.2) is 67.7 Å². The fourth-order valence-corrected chi connectivity index (χ4v) is 5.30. The molecule has 0 bridgehead atoms. The van der Waals surface area contributed by atoms with Gasteiger partial charge in [-0.2, -0.15) is 0 Å². The molecule has 2 aliphatic heterocycles. The number of nitrogens with one attached hydrogen (secondary N) is 5. The largest absolute Gasteiger partial charge is 0.391 e. The van der Waals surface area contributed by atoms with Crippen molar-refractivity contribution in [2.24, 2.45) is 5.73 Å². The lowest BCUT2D eigenvalue weighted by Crippen LogP contribution is -2.42. The van der Waals surface area contributed by atoms with Gasteiger partial charge in [0.2, 0.25) is 0 Å². The molecule has 1 aromatic carbocycles. The van der Waals surface area contributed by atoms with E-state index in [2.05, 4.69) is 111 Å².